The molecule has 184 valence electrons. The number of fused-ring (bicyclic) bond motifs is 1. The SMILES string of the molecule is Cc1cc(-c2n[nH]c3c2CN(C(=O)NC2CN(Cc4c(F)cccc4F)CCC2F)CC3)ccn1. The Labute approximate surface area is 201 Å². The molecular formula is C25H27F3N6O. The van der Waals surface area contributed by atoms with Gasteiger partial charge in [-0.1, -0.05) is 6.07 Å². The zero-order valence-electron chi connectivity index (χ0n) is 19.4. The summed E-state index contributed by atoms with van der Waals surface area (Å²) in [4.78, 5) is 20.7. The molecule has 2 aliphatic heterocycles. The molecule has 35 heavy (non-hydrogen) atoms. The number of aromatic amines is 1. The summed E-state index contributed by atoms with van der Waals surface area (Å²) in [7, 11) is 0. The summed E-state index contributed by atoms with van der Waals surface area (Å²) < 4.78 is 42.9. The number of benzene rings is 1. The second-order valence-corrected chi connectivity index (χ2v) is 9.18. The molecule has 0 spiro atoms. The molecule has 7 nitrogen and oxygen atoms in total. The van der Waals surface area contributed by atoms with E-state index in [4.69, 9.17) is 0 Å². The number of pyridine rings is 1. The fourth-order valence-electron chi connectivity index (χ4n) is 4.83. The lowest BCUT2D eigenvalue weighted by Crippen LogP contribution is -2.56. The Hall–Kier alpha value is -3.40. The van der Waals surface area contributed by atoms with Gasteiger partial charge in [-0.2, -0.15) is 5.10 Å². The Morgan fingerprint density at radius 2 is 2.03 bits per heavy atom. The van der Waals surface area contributed by atoms with Gasteiger partial charge in [-0.25, -0.2) is 18.0 Å². The van der Waals surface area contributed by atoms with Gasteiger partial charge >= 0.3 is 6.03 Å². The number of halogens is 3. The van der Waals surface area contributed by atoms with Gasteiger partial charge in [-0.05, 0) is 37.6 Å². The van der Waals surface area contributed by atoms with Crippen LogP contribution in [0.4, 0.5) is 18.0 Å². The van der Waals surface area contributed by atoms with Crippen molar-refractivity contribution in [3.05, 3.63) is 70.7 Å². The standard InChI is InChI=1S/C25H27F3N6O/c1-15-11-16(5-8-29-15)24-18-13-34(10-7-22(18)31-32-24)25(35)30-23-14-33(9-6-21(23)28)12-17-19(26)3-2-4-20(17)27/h2-5,8,11,21,23H,6-7,9-10,12-14H2,1H3,(H,30,35)(H,31,32). The molecule has 0 bridgehead atoms. The fraction of sp³-hybridized carbons (Fsp3) is 0.400. The molecule has 0 aliphatic carbocycles. The van der Waals surface area contributed by atoms with Crippen LogP contribution < -0.4 is 5.32 Å². The van der Waals surface area contributed by atoms with Crippen molar-refractivity contribution < 1.29 is 18.0 Å². The van der Waals surface area contributed by atoms with Gasteiger partial charge in [-0.3, -0.25) is 15.0 Å². The Morgan fingerprint density at radius 3 is 2.80 bits per heavy atom. The highest BCUT2D eigenvalue weighted by Crippen LogP contribution is 2.29. The van der Waals surface area contributed by atoms with Crippen molar-refractivity contribution >= 4 is 6.03 Å². The number of rotatable bonds is 4. The first kappa shape index (κ1) is 23.3. The highest BCUT2D eigenvalue weighted by atomic mass is 19.1. The quantitative estimate of drug-likeness (QED) is 0.592. The minimum Gasteiger partial charge on any atom is -0.331 e. The number of likely N-dealkylation sites (tertiary alicyclic amines) is 1. The smallest absolute Gasteiger partial charge is 0.318 e. The van der Waals surface area contributed by atoms with E-state index < -0.39 is 23.8 Å². The minimum atomic E-state index is -1.23. The van der Waals surface area contributed by atoms with Crippen LogP contribution in [-0.4, -0.2) is 62.9 Å². The van der Waals surface area contributed by atoms with E-state index in [-0.39, 0.29) is 31.1 Å². The average Bonchev–Trinajstić information content (AvgIpc) is 3.27. The van der Waals surface area contributed by atoms with Crippen LogP contribution in [0.15, 0.2) is 36.5 Å². The predicted octanol–water partition coefficient (Wildman–Crippen LogP) is 3.74. The lowest BCUT2D eigenvalue weighted by Gasteiger charge is -2.37. The molecule has 2 amide bonds. The van der Waals surface area contributed by atoms with Crippen LogP contribution in [-0.2, 0) is 19.5 Å². The normalized spacial score (nSPS) is 20.5. The average molecular weight is 485 g/mol. The van der Waals surface area contributed by atoms with Crippen molar-refractivity contribution in [2.24, 2.45) is 0 Å². The first-order valence-electron chi connectivity index (χ1n) is 11.7. The highest BCUT2D eigenvalue weighted by Gasteiger charge is 2.33. The number of nitrogens with zero attached hydrogens (tertiary/aromatic N) is 4. The number of urea groups is 1. The molecule has 4 heterocycles. The maximum atomic E-state index is 14.7. The van der Waals surface area contributed by atoms with Crippen LogP contribution in [0.2, 0.25) is 0 Å². The topological polar surface area (TPSA) is 77.2 Å². The number of nitrogens with one attached hydrogen (secondary N) is 2. The second kappa shape index (κ2) is 9.69. The van der Waals surface area contributed by atoms with Crippen molar-refractivity contribution in [2.75, 3.05) is 19.6 Å². The monoisotopic (exact) mass is 484 g/mol. The van der Waals surface area contributed by atoms with Gasteiger partial charge < -0.3 is 10.2 Å². The molecule has 1 saturated heterocycles. The van der Waals surface area contributed by atoms with Gasteiger partial charge in [0.1, 0.15) is 17.8 Å². The summed E-state index contributed by atoms with van der Waals surface area (Å²) in [5.41, 5.74) is 4.45. The Balaban J connectivity index is 1.26. The zero-order valence-corrected chi connectivity index (χ0v) is 19.4. The number of hydrogen-bond acceptors (Lipinski definition) is 4. The van der Waals surface area contributed by atoms with E-state index in [1.165, 1.54) is 18.2 Å². The van der Waals surface area contributed by atoms with Crippen LogP contribution in [0.5, 0.6) is 0 Å². The van der Waals surface area contributed by atoms with E-state index in [1.54, 1.807) is 16.0 Å². The van der Waals surface area contributed by atoms with Crippen LogP contribution in [0.3, 0.4) is 0 Å². The van der Waals surface area contributed by atoms with Crippen LogP contribution in [0, 0.1) is 18.6 Å². The van der Waals surface area contributed by atoms with Crippen LogP contribution >= 0.6 is 0 Å². The molecule has 1 aromatic carbocycles. The lowest BCUT2D eigenvalue weighted by atomic mass is 10.0. The number of aromatic nitrogens is 3. The second-order valence-electron chi connectivity index (χ2n) is 9.18. The van der Waals surface area contributed by atoms with Crippen molar-refractivity contribution in [1.82, 2.24) is 30.3 Å². The maximum Gasteiger partial charge on any atom is 0.318 e. The van der Waals surface area contributed by atoms with E-state index >= 15 is 0 Å². The molecule has 0 radical (unpaired) electrons. The van der Waals surface area contributed by atoms with Crippen molar-refractivity contribution in [2.45, 2.75) is 45.1 Å². The first-order chi connectivity index (χ1) is 16.9. The van der Waals surface area contributed by atoms with E-state index in [0.29, 0.717) is 26.1 Å². The molecule has 3 aromatic rings. The molecule has 2 atom stereocenters. The summed E-state index contributed by atoms with van der Waals surface area (Å²) in [6.45, 7) is 3.29. The van der Waals surface area contributed by atoms with Crippen LogP contribution in [0.1, 0.15) is 28.9 Å². The molecular weight excluding hydrogens is 457 g/mol. The van der Waals surface area contributed by atoms with Crippen LogP contribution in [0.25, 0.3) is 11.3 Å². The molecule has 1 fully saturated rings. The first-order valence-corrected chi connectivity index (χ1v) is 11.7. The van der Waals surface area contributed by atoms with Crippen molar-refractivity contribution in [3.8, 4) is 11.3 Å². The summed E-state index contributed by atoms with van der Waals surface area (Å²) in [5, 5.41) is 10.3. The number of hydrogen-bond donors (Lipinski definition) is 2. The van der Waals surface area contributed by atoms with Crippen molar-refractivity contribution in [1.29, 1.82) is 0 Å². The highest BCUT2D eigenvalue weighted by molar-refractivity contribution is 5.76. The molecule has 0 saturated carbocycles. The third kappa shape index (κ3) is 4.88. The number of alkyl halides is 1. The fourth-order valence-corrected chi connectivity index (χ4v) is 4.83. The Kier molecular flexibility index (Phi) is 6.46. The number of amides is 2. The van der Waals surface area contributed by atoms with Gasteiger partial charge in [0.05, 0.1) is 18.3 Å². The Bertz CT molecular complexity index is 1210. The third-order valence-corrected chi connectivity index (χ3v) is 6.76. The van der Waals surface area contributed by atoms with Gasteiger partial charge in [0.25, 0.3) is 0 Å². The van der Waals surface area contributed by atoms with Gasteiger partial charge in [0.2, 0.25) is 0 Å². The van der Waals surface area contributed by atoms with Gasteiger partial charge in [0, 0.05) is 66.9 Å². The predicted molar refractivity (Wildman–Crippen MR) is 124 cm³/mol. The molecule has 2 aliphatic rings. The Morgan fingerprint density at radius 1 is 1.23 bits per heavy atom. The molecule has 10 heteroatoms. The molecule has 2 unspecified atom stereocenters. The maximum absolute atomic E-state index is 14.7. The van der Waals surface area contributed by atoms with Crippen molar-refractivity contribution in [3.63, 3.8) is 0 Å². The third-order valence-electron chi connectivity index (χ3n) is 6.76. The number of carbonyl (C=O) groups is 1. The number of piperidine rings is 1. The summed E-state index contributed by atoms with van der Waals surface area (Å²) in [6.07, 6.45) is 1.29. The summed E-state index contributed by atoms with van der Waals surface area (Å²) in [5.74, 6) is -1.25. The van der Waals surface area contributed by atoms with E-state index in [1.807, 2.05) is 19.1 Å². The van der Waals surface area contributed by atoms with Gasteiger partial charge in [-0.15, -0.1) is 0 Å². The summed E-state index contributed by atoms with van der Waals surface area (Å²) in [6, 6.07) is 6.43. The molecule has 2 aromatic heterocycles. The van der Waals surface area contributed by atoms with E-state index in [9.17, 15) is 18.0 Å². The van der Waals surface area contributed by atoms with Gasteiger partial charge in [0.15, 0.2) is 0 Å². The lowest BCUT2D eigenvalue weighted by molar-refractivity contribution is 0.0995. The number of H-pyrrole nitrogens is 1. The number of carbonyl (C=O) groups excluding carboxylic acids is 1. The number of aryl methyl sites for hydroxylation is 1. The summed E-state index contributed by atoms with van der Waals surface area (Å²) >= 11 is 0. The van der Waals surface area contributed by atoms with E-state index in [0.717, 1.165) is 28.2 Å². The molecule has 2 N–H and O–H groups in total. The molecule has 5 rings (SSSR count). The van der Waals surface area contributed by atoms with E-state index in [2.05, 4.69) is 20.5 Å². The largest absolute Gasteiger partial charge is 0.331 e. The zero-order chi connectivity index (χ0) is 24.5. The minimum absolute atomic E-state index is 0.0222.